The second kappa shape index (κ2) is 3.99. The first-order valence-electron chi connectivity index (χ1n) is 5.60. The summed E-state index contributed by atoms with van der Waals surface area (Å²) in [7, 11) is 0. The minimum absolute atomic E-state index is 0.0714. The third-order valence-corrected chi connectivity index (χ3v) is 3.93. The summed E-state index contributed by atoms with van der Waals surface area (Å²) < 4.78 is 0.942. The van der Waals surface area contributed by atoms with E-state index in [9.17, 15) is 5.11 Å². The Balaban J connectivity index is 2.19. The minimum Gasteiger partial charge on any atom is -0.504 e. The summed E-state index contributed by atoms with van der Waals surface area (Å²) in [5.74, 6) is 0.0714. The predicted molar refractivity (Wildman–Crippen MR) is 75.9 cm³/mol. The molecule has 0 aliphatic heterocycles. The molecule has 3 aromatic rings. The number of aromatic nitrogens is 1. The highest BCUT2D eigenvalue weighted by molar-refractivity contribution is 7.21. The lowest BCUT2D eigenvalue weighted by atomic mass is 10.2. The van der Waals surface area contributed by atoms with Gasteiger partial charge in [0.25, 0.3) is 0 Å². The molecule has 0 spiro atoms. The van der Waals surface area contributed by atoms with E-state index in [-0.39, 0.29) is 5.75 Å². The van der Waals surface area contributed by atoms with E-state index in [1.165, 1.54) is 5.56 Å². The summed E-state index contributed by atoms with van der Waals surface area (Å²) in [6.45, 7) is 2.05. The number of phenols is 1. The quantitative estimate of drug-likeness (QED) is 0.517. The topological polar surface area (TPSA) is 59.1 Å². The molecule has 3 nitrogen and oxygen atoms in total. The third-order valence-electron chi connectivity index (χ3n) is 2.86. The molecule has 0 saturated carbocycles. The van der Waals surface area contributed by atoms with Crippen molar-refractivity contribution in [2.45, 2.75) is 6.92 Å². The van der Waals surface area contributed by atoms with Crippen LogP contribution in [0.1, 0.15) is 5.56 Å². The number of phenolic OH excluding ortho intramolecular Hbond substituents is 1. The summed E-state index contributed by atoms with van der Waals surface area (Å²) in [5.41, 5.74) is 8.88. The van der Waals surface area contributed by atoms with Crippen molar-refractivity contribution in [1.29, 1.82) is 0 Å². The number of anilines is 1. The van der Waals surface area contributed by atoms with Crippen LogP contribution in [-0.2, 0) is 0 Å². The van der Waals surface area contributed by atoms with E-state index in [0.717, 1.165) is 15.3 Å². The molecule has 90 valence electrons. The highest BCUT2D eigenvalue weighted by atomic mass is 32.1. The first-order valence-corrected chi connectivity index (χ1v) is 6.42. The molecule has 0 radical (unpaired) electrons. The molecule has 3 N–H and O–H groups in total. The molecule has 2 aromatic carbocycles. The number of nitrogens with zero attached hydrogens (tertiary/aromatic N) is 1. The number of nitrogen functional groups attached to an aromatic ring is 1. The fourth-order valence-electron chi connectivity index (χ4n) is 1.82. The molecule has 4 heteroatoms. The predicted octanol–water partition coefficient (Wildman–Crippen LogP) is 3.56. The van der Waals surface area contributed by atoms with Crippen molar-refractivity contribution < 1.29 is 5.11 Å². The molecule has 1 aromatic heterocycles. The van der Waals surface area contributed by atoms with E-state index in [0.29, 0.717) is 11.2 Å². The highest BCUT2D eigenvalue weighted by Crippen LogP contribution is 2.37. The number of thiazole rings is 1. The fraction of sp³-hybridized carbons (Fsp3) is 0.0714. The van der Waals surface area contributed by atoms with Crippen molar-refractivity contribution >= 4 is 27.2 Å². The molecular formula is C14H12N2OS. The van der Waals surface area contributed by atoms with E-state index < -0.39 is 0 Å². The van der Waals surface area contributed by atoms with Crippen molar-refractivity contribution in [2.75, 3.05) is 5.73 Å². The van der Waals surface area contributed by atoms with E-state index >= 15 is 0 Å². The van der Waals surface area contributed by atoms with Crippen LogP contribution in [-0.4, -0.2) is 10.1 Å². The van der Waals surface area contributed by atoms with Gasteiger partial charge in [0.1, 0.15) is 10.5 Å². The van der Waals surface area contributed by atoms with Crippen LogP contribution in [0.3, 0.4) is 0 Å². The number of hydrogen-bond donors (Lipinski definition) is 2. The Morgan fingerprint density at radius 1 is 1.11 bits per heavy atom. The van der Waals surface area contributed by atoms with Crippen LogP contribution in [0.25, 0.3) is 20.8 Å². The van der Waals surface area contributed by atoms with E-state index in [1.807, 2.05) is 18.2 Å². The summed E-state index contributed by atoms with van der Waals surface area (Å²) in [5, 5.41) is 10.8. The number of nitrogens with two attached hydrogens (primary N) is 1. The van der Waals surface area contributed by atoms with Crippen LogP contribution >= 0.6 is 11.3 Å². The summed E-state index contributed by atoms with van der Waals surface area (Å²) >= 11 is 1.55. The van der Waals surface area contributed by atoms with Gasteiger partial charge in [0.15, 0.2) is 5.75 Å². The Morgan fingerprint density at radius 2 is 1.83 bits per heavy atom. The lowest BCUT2D eigenvalue weighted by molar-refractivity contribution is 0.483. The van der Waals surface area contributed by atoms with E-state index in [1.54, 1.807) is 17.4 Å². The molecule has 0 amide bonds. The van der Waals surface area contributed by atoms with Crippen LogP contribution < -0.4 is 5.73 Å². The molecule has 0 fully saturated rings. The van der Waals surface area contributed by atoms with E-state index in [2.05, 4.69) is 24.0 Å². The Bertz CT molecular complexity index is 716. The molecule has 18 heavy (non-hydrogen) atoms. The fourth-order valence-corrected chi connectivity index (χ4v) is 2.79. The summed E-state index contributed by atoms with van der Waals surface area (Å²) in [6, 6.07) is 11.8. The highest BCUT2D eigenvalue weighted by Gasteiger charge is 2.11. The average molecular weight is 256 g/mol. The number of hydrogen-bond acceptors (Lipinski definition) is 4. The lowest BCUT2D eigenvalue weighted by Gasteiger charge is -1.97. The van der Waals surface area contributed by atoms with Gasteiger partial charge in [-0.3, -0.25) is 0 Å². The zero-order valence-corrected chi connectivity index (χ0v) is 10.7. The van der Waals surface area contributed by atoms with Crippen LogP contribution in [0.5, 0.6) is 5.75 Å². The van der Waals surface area contributed by atoms with Gasteiger partial charge in [-0.15, -0.1) is 11.3 Å². The van der Waals surface area contributed by atoms with Crippen molar-refractivity contribution in [2.24, 2.45) is 0 Å². The average Bonchev–Trinajstić information content (AvgIpc) is 2.80. The number of fused-ring (bicyclic) bond motifs is 1. The van der Waals surface area contributed by atoms with Gasteiger partial charge in [-0.05, 0) is 19.1 Å². The lowest BCUT2D eigenvalue weighted by Crippen LogP contribution is -1.85. The third kappa shape index (κ3) is 1.71. The molecule has 0 bridgehead atoms. The Labute approximate surface area is 109 Å². The summed E-state index contributed by atoms with van der Waals surface area (Å²) in [6.07, 6.45) is 0. The second-order valence-corrected chi connectivity index (χ2v) is 5.27. The largest absolute Gasteiger partial charge is 0.504 e. The van der Waals surface area contributed by atoms with Crippen LogP contribution in [0.15, 0.2) is 36.4 Å². The van der Waals surface area contributed by atoms with E-state index in [4.69, 9.17) is 5.73 Å². The number of benzene rings is 2. The first-order chi connectivity index (χ1) is 8.65. The monoisotopic (exact) mass is 256 g/mol. The van der Waals surface area contributed by atoms with Gasteiger partial charge in [-0.1, -0.05) is 29.8 Å². The zero-order valence-electron chi connectivity index (χ0n) is 9.84. The maximum atomic E-state index is 9.88. The van der Waals surface area contributed by atoms with Gasteiger partial charge >= 0.3 is 0 Å². The van der Waals surface area contributed by atoms with Gasteiger partial charge in [0.05, 0.1) is 10.4 Å². The van der Waals surface area contributed by atoms with Crippen LogP contribution in [0.2, 0.25) is 0 Å². The van der Waals surface area contributed by atoms with Crippen LogP contribution in [0.4, 0.5) is 5.69 Å². The maximum Gasteiger partial charge on any atom is 0.165 e. The molecule has 0 unspecified atom stereocenters. The summed E-state index contributed by atoms with van der Waals surface area (Å²) in [4.78, 5) is 4.46. The van der Waals surface area contributed by atoms with Crippen molar-refractivity contribution in [1.82, 2.24) is 4.98 Å². The van der Waals surface area contributed by atoms with Gasteiger partial charge in [-0.25, -0.2) is 4.98 Å². The second-order valence-electron chi connectivity index (χ2n) is 4.24. The molecule has 0 saturated heterocycles. The van der Waals surface area contributed by atoms with Gasteiger partial charge in [0.2, 0.25) is 0 Å². The standard InChI is InChI=1S/C14H12N2OS/c1-8-2-4-9(5-3-8)14-16-12-11(18-14)7-6-10(15)13(12)17/h2-7,17H,15H2,1H3. The minimum atomic E-state index is 0.0714. The number of aryl methyl sites for hydroxylation is 1. The number of rotatable bonds is 1. The van der Waals surface area contributed by atoms with Crippen LogP contribution in [0, 0.1) is 6.92 Å². The maximum absolute atomic E-state index is 9.88. The van der Waals surface area contributed by atoms with Crippen molar-refractivity contribution in [3.05, 3.63) is 42.0 Å². The SMILES string of the molecule is Cc1ccc(-c2nc3c(O)c(N)ccc3s2)cc1. The van der Waals surface area contributed by atoms with Crippen molar-refractivity contribution in [3.8, 4) is 16.3 Å². The molecule has 0 aliphatic carbocycles. The molecule has 3 rings (SSSR count). The molecular weight excluding hydrogens is 244 g/mol. The van der Waals surface area contributed by atoms with Gasteiger partial charge < -0.3 is 10.8 Å². The van der Waals surface area contributed by atoms with Crippen molar-refractivity contribution in [3.63, 3.8) is 0 Å². The zero-order chi connectivity index (χ0) is 12.7. The van der Waals surface area contributed by atoms with Gasteiger partial charge in [-0.2, -0.15) is 0 Å². The Morgan fingerprint density at radius 3 is 2.56 bits per heavy atom. The molecule has 1 heterocycles. The normalized spacial score (nSPS) is 10.9. The smallest absolute Gasteiger partial charge is 0.165 e. The van der Waals surface area contributed by atoms with Gasteiger partial charge in [0, 0.05) is 5.56 Å². The number of aromatic hydroxyl groups is 1. The molecule has 0 atom stereocenters. The molecule has 0 aliphatic rings. The Hall–Kier alpha value is -2.07. The first kappa shape index (κ1) is 11.0. The Kier molecular flexibility index (Phi) is 2.45.